The van der Waals surface area contributed by atoms with Gasteiger partial charge in [-0.1, -0.05) is 19.0 Å². The first-order valence-electron chi connectivity index (χ1n) is 9.41. The number of carbonyl (C=O) groups excluding carboxylic acids is 1. The van der Waals surface area contributed by atoms with Gasteiger partial charge in [0.1, 0.15) is 22.8 Å². The van der Waals surface area contributed by atoms with Crippen molar-refractivity contribution in [2.24, 2.45) is 0 Å². The Hall–Kier alpha value is -3.15. The number of ether oxygens (including phenoxy) is 2. The van der Waals surface area contributed by atoms with E-state index in [2.05, 4.69) is 24.0 Å². The van der Waals surface area contributed by atoms with Crippen LogP contribution < -0.4 is 9.47 Å². The van der Waals surface area contributed by atoms with Gasteiger partial charge < -0.3 is 14.0 Å². The molecule has 3 aromatic rings. The molecule has 1 aliphatic heterocycles. The third-order valence-electron chi connectivity index (χ3n) is 5.45. The van der Waals surface area contributed by atoms with Gasteiger partial charge in [0.15, 0.2) is 11.5 Å². The second-order valence-corrected chi connectivity index (χ2v) is 6.96. The maximum Gasteiger partial charge on any atom is 0.170 e. The van der Waals surface area contributed by atoms with Crippen LogP contribution in [-0.4, -0.2) is 28.6 Å². The van der Waals surface area contributed by atoms with Crippen molar-refractivity contribution in [3.63, 3.8) is 0 Å². The van der Waals surface area contributed by atoms with Crippen LogP contribution in [0.5, 0.6) is 11.5 Å². The van der Waals surface area contributed by atoms with Crippen LogP contribution in [0.1, 0.15) is 43.5 Å². The van der Waals surface area contributed by atoms with E-state index in [-0.39, 0.29) is 5.78 Å². The molecule has 0 amide bonds. The Kier molecular flexibility index (Phi) is 4.63. The minimum Gasteiger partial charge on any atom is -0.494 e. The Balaban J connectivity index is 1.68. The molecule has 0 N–H and O–H groups in total. The summed E-state index contributed by atoms with van der Waals surface area (Å²) in [6.45, 7) is 4.11. The number of carbonyl (C=O) groups is 1. The Bertz CT molecular complexity index is 1020. The molecule has 0 atom stereocenters. The third kappa shape index (κ3) is 3.05. The van der Waals surface area contributed by atoms with Gasteiger partial charge in [-0.3, -0.25) is 9.78 Å². The Labute approximate surface area is 163 Å². The lowest BCUT2D eigenvalue weighted by Gasteiger charge is -2.36. The molecule has 0 aliphatic carbocycles. The standard InChI is InChI=1S/C22H22N2O4/c1-4-22(5-2)12-18(25)16-10-14(6-7-19(16)27-22)20-11-17(24-28-20)15-8-9-23-13-21(15)26-3/h6-11,13H,4-5,12H2,1-3H3. The van der Waals surface area contributed by atoms with Gasteiger partial charge >= 0.3 is 0 Å². The van der Waals surface area contributed by atoms with Gasteiger partial charge in [-0.05, 0) is 37.1 Å². The second kappa shape index (κ2) is 7.11. The van der Waals surface area contributed by atoms with Crippen molar-refractivity contribution in [3.05, 3.63) is 48.3 Å². The van der Waals surface area contributed by atoms with E-state index in [0.717, 1.165) is 24.0 Å². The zero-order chi connectivity index (χ0) is 19.7. The molecule has 4 rings (SSSR count). The van der Waals surface area contributed by atoms with Gasteiger partial charge in [0, 0.05) is 23.4 Å². The molecule has 1 aromatic carbocycles. The normalized spacial score (nSPS) is 15.0. The van der Waals surface area contributed by atoms with E-state index in [1.165, 1.54) is 0 Å². The number of hydrogen-bond donors (Lipinski definition) is 0. The average Bonchev–Trinajstić information content (AvgIpc) is 3.23. The predicted octanol–water partition coefficient (Wildman–Crippen LogP) is 4.94. The number of Topliss-reactive ketones (excluding diaryl/α,β-unsaturated/α-hetero) is 1. The first-order chi connectivity index (χ1) is 13.6. The van der Waals surface area contributed by atoms with Crippen molar-refractivity contribution in [1.82, 2.24) is 10.1 Å². The third-order valence-corrected chi connectivity index (χ3v) is 5.45. The fraction of sp³-hybridized carbons (Fsp3) is 0.318. The molecule has 0 bridgehead atoms. The molecule has 0 spiro atoms. The highest BCUT2D eigenvalue weighted by molar-refractivity contribution is 6.01. The van der Waals surface area contributed by atoms with E-state index in [1.807, 2.05) is 30.3 Å². The van der Waals surface area contributed by atoms with E-state index < -0.39 is 5.60 Å². The average molecular weight is 378 g/mol. The fourth-order valence-corrected chi connectivity index (χ4v) is 3.58. The molecule has 0 saturated carbocycles. The molecule has 28 heavy (non-hydrogen) atoms. The van der Waals surface area contributed by atoms with Crippen LogP contribution >= 0.6 is 0 Å². The summed E-state index contributed by atoms with van der Waals surface area (Å²) in [5.41, 5.74) is 2.41. The number of hydrogen-bond acceptors (Lipinski definition) is 6. The molecular weight excluding hydrogens is 356 g/mol. The molecule has 6 heteroatoms. The molecule has 0 radical (unpaired) electrons. The predicted molar refractivity (Wildman–Crippen MR) is 105 cm³/mol. The molecule has 2 aromatic heterocycles. The van der Waals surface area contributed by atoms with Crippen LogP contribution in [0.15, 0.2) is 47.2 Å². The number of aromatic nitrogens is 2. The minimum absolute atomic E-state index is 0.0994. The summed E-state index contributed by atoms with van der Waals surface area (Å²) in [5.74, 6) is 1.93. The molecule has 0 fully saturated rings. The highest BCUT2D eigenvalue weighted by Crippen LogP contribution is 2.39. The maximum absolute atomic E-state index is 12.8. The number of ketones is 1. The van der Waals surface area contributed by atoms with Gasteiger partial charge in [0.2, 0.25) is 0 Å². The summed E-state index contributed by atoms with van der Waals surface area (Å²) >= 11 is 0. The lowest BCUT2D eigenvalue weighted by molar-refractivity contribution is 0.0350. The molecule has 6 nitrogen and oxygen atoms in total. The zero-order valence-electron chi connectivity index (χ0n) is 16.2. The van der Waals surface area contributed by atoms with E-state index in [1.54, 1.807) is 19.5 Å². The van der Waals surface area contributed by atoms with Crippen LogP contribution in [0.3, 0.4) is 0 Å². The molecule has 3 heterocycles. The molecule has 144 valence electrons. The number of benzene rings is 1. The van der Waals surface area contributed by atoms with Crippen molar-refractivity contribution in [2.75, 3.05) is 7.11 Å². The summed E-state index contributed by atoms with van der Waals surface area (Å²) in [4.78, 5) is 16.8. The number of methoxy groups -OCH3 is 1. The Morgan fingerprint density at radius 2 is 1.96 bits per heavy atom. The number of pyridine rings is 1. The summed E-state index contributed by atoms with van der Waals surface area (Å²) < 4.78 is 17.1. The monoisotopic (exact) mass is 378 g/mol. The summed E-state index contributed by atoms with van der Waals surface area (Å²) in [6.07, 6.45) is 5.30. The zero-order valence-corrected chi connectivity index (χ0v) is 16.2. The summed E-state index contributed by atoms with van der Waals surface area (Å²) in [6, 6.07) is 9.20. The van der Waals surface area contributed by atoms with Gasteiger partial charge in [-0.25, -0.2) is 0 Å². The van der Waals surface area contributed by atoms with E-state index in [0.29, 0.717) is 34.9 Å². The highest BCUT2D eigenvalue weighted by atomic mass is 16.5. The number of fused-ring (bicyclic) bond motifs is 1. The quantitative estimate of drug-likeness (QED) is 0.626. The molecule has 0 saturated heterocycles. The SMILES string of the molecule is CCC1(CC)CC(=O)c2cc(-c3cc(-c4ccncc4OC)no3)ccc2O1. The van der Waals surface area contributed by atoms with Gasteiger partial charge in [0.25, 0.3) is 0 Å². The largest absolute Gasteiger partial charge is 0.494 e. The van der Waals surface area contributed by atoms with Crippen LogP contribution in [0.4, 0.5) is 0 Å². The van der Waals surface area contributed by atoms with Crippen LogP contribution in [0.2, 0.25) is 0 Å². The Morgan fingerprint density at radius 1 is 1.14 bits per heavy atom. The maximum atomic E-state index is 12.8. The van der Waals surface area contributed by atoms with E-state index in [9.17, 15) is 4.79 Å². The molecule has 0 unspecified atom stereocenters. The van der Waals surface area contributed by atoms with Gasteiger partial charge in [-0.15, -0.1) is 0 Å². The summed E-state index contributed by atoms with van der Waals surface area (Å²) in [7, 11) is 1.59. The smallest absolute Gasteiger partial charge is 0.170 e. The van der Waals surface area contributed by atoms with Crippen LogP contribution in [-0.2, 0) is 0 Å². The number of rotatable bonds is 5. The van der Waals surface area contributed by atoms with Gasteiger partial charge in [0.05, 0.1) is 25.3 Å². The molecule has 1 aliphatic rings. The first kappa shape index (κ1) is 18.2. The van der Waals surface area contributed by atoms with Crippen molar-refractivity contribution in [3.8, 4) is 34.1 Å². The van der Waals surface area contributed by atoms with Crippen molar-refractivity contribution in [1.29, 1.82) is 0 Å². The Morgan fingerprint density at radius 3 is 2.71 bits per heavy atom. The molecular formula is C22H22N2O4. The van der Waals surface area contributed by atoms with Crippen LogP contribution in [0.25, 0.3) is 22.6 Å². The second-order valence-electron chi connectivity index (χ2n) is 6.96. The lowest BCUT2D eigenvalue weighted by Crippen LogP contribution is -2.40. The van der Waals surface area contributed by atoms with Crippen molar-refractivity contribution < 1.29 is 18.8 Å². The highest BCUT2D eigenvalue weighted by Gasteiger charge is 2.37. The van der Waals surface area contributed by atoms with Gasteiger partial charge in [-0.2, -0.15) is 0 Å². The minimum atomic E-state index is -0.400. The van der Waals surface area contributed by atoms with Crippen molar-refractivity contribution in [2.45, 2.75) is 38.7 Å². The van der Waals surface area contributed by atoms with E-state index in [4.69, 9.17) is 14.0 Å². The summed E-state index contributed by atoms with van der Waals surface area (Å²) in [5, 5.41) is 4.15. The first-order valence-corrected chi connectivity index (χ1v) is 9.41. The van der Waals surface area contributed by atoms with Crippen molar-refractivity contribution >= 4 is 5.78 Å². The van der Waals surface area contributed by atoms with Crippen LogP contribution in [0, 0.1) is 0 Å². The number of nitrogens with zero attached hydrogens (tertiary/aromatic N) is 2. The fourth-order valence-electron chi connectivity index (χ4n) is 3.58. The topological polar surface area (TPSA) is 74.5 Å². The lowest BCUT2D eigenvalue weighted by atomic mass is 9.85. The van der Waals surface area contributed by atoms with E-state index >= 15 is 0 Å².